The molecule has 0 aliphatic rings. The zero-order valence-corrected chi connectivity index (χ0v) is 13.0. The number of rotatable bonds is 9. The smallest absolute Gasteiger partial charge is 0.258 e. The van der Waals surface area contributed by atoms with Crippen molar-refractivity contribution in [1.82, 2.24) is 9.71 Å². The summed E-state index contributed by atoms with van der Waals surface area (Å²) in [6, 6.07) is 2.88. The van der Waals surface area contributed by atoms with Crippen molar-refractivity contribution >= 4 is 10.0 Å². The monoisotopic (exact) mass is 300 g/mol. The van der Waals surface area contributed by atoms with Gasteiger partial charge in [0.2, 0.25) is 0 Å². The zero-order chi connectivity index (χ0) is 15.0. The Balaban J connectivity index is 2.55. The van der Waals surface area contributed by atoms with E-state index in [0.29, 0.717) is 5.56 Å². The number of aliphatic hydroxyl groups excluding tert-OH is 1. The summed E-state index contributed by atoms with van der Waals surface area (Å²) in [6.07, 6.45) is 6.71. The van der Waals surface area contributed by atoms with Gasteiger partial charge in [0, 0.05) is 12.2 Å². The maximum atomic E-state index is 12.1. The zero-order valence-electron chi connectivity index (χ0n) is 12.2. The second-order valence-electron chi connectivity index (χ2n) is 5.03. The van der Waals surface area contributed by atoms with Crippen LogP contribution in [0, 0.1) is 0 Å². The predicted molar refractivity (Wildman–Crippen MR) is 78.7 cm³/mol. The van der Waals surface area contributed by atoms with Crippen molar-refractivity contribution in [3.05, 3.63) is 23.9 Å². The van der Waals surface area contributed by atoms with E-state index in [9.17, 15) is 8.42 Å². The summed E-state index contributed by atoms with van der Waals surface area (Å²) in [6.45, 7) is 3.87. The van der Waals surface area contributed by atoms with Crippen molar-refractivity contribution in [3.63, 3.8) is 0 Å². The fourth-order valence-electron chi connectivity index (χ4n) is 1.92. The molecule has 20 heavy (non-hydrogen) atoms. The molecule has 0 saturated heterocycles. The fourth-order valence-corrected chi connectivity index (χ4v) is 3.13. The molecule has 1 heterocycles. The van der Waals surface area contributed by atoms with E-state index in [0.717, 1.165) is 19.3 Å². The minimum absolute atomic E-state index is 0.00453. The second kappa shape index (κ2) is 8.34. The largest absolute Gasteiger partial charge is 0.392 e. The van der Waals surface area contributed by atoms with Crippen LogP contribution < -0.4 is 4.72 Å². The number of hydrogen-bond acceptors (Lipinski definition) is 4. The van der Waals surface area contributed by atoms with Crippen molar-refractivity contribution < 1.29 is 13.5 Å². The van der Waals surface area contributed by atoms with Gasteiger partial charge in [0.25, 0.3) is 10.0 Å². The highest BCUT2D eigenvalue weighted by Crippen LogP contribution is 2.10. The Labute approximate surface area is 121 Å². The van der Waals surface area contributed by atoms with Crippen molar-refractivity contribution in [2.24, 2.45) is 0 Å². The van der Waals surface area contributed by atoms with Gasteiger partial charge in [-0.05, 0) is 25.0 Å². The van der Waals surface area contributed by atoms with Crippen LogP contribution in [0.1, 0.15) is 51.5 Å². The first-order valence-electron chi connectivity index (χ1n) is 7.07. The molecule has 0 fully saturated rings. The molecule has 1 atom stereocenters. The molecule has 0 saturated carbocycles. The molecule has 1 rings (SSSR count). The standard InChI is InChI=1S/C14H24N2O3S/c1-3-4-5-6-7-12(2)16-20(18,19)14-9-8-13(11-17)10-15-14/h8-10,12,16-17H,3-7,11H2,1-2H3. The van der Waals surface area contributed by atoms with E-state index >= 15 is 0 Å². The number of pyridine rings is 1. The number of sulfonamides is 1. The topological polar surface area (TPSA) is 79.3 Å². The number of hydrogen-bond donors (Lipinski definition) is 2. The van der Waals surface area contributed by atoms with Crippen LogP contribution in [0.2, 0.25) is 0 Å². The Morgan fingerprint density at radius 2 is 2.05 bits per heavy atom. The number of nitrogens with one attached hydrogen (secondary N) is 1. The van der Waals surface area contributed by atoms with Gasteiger partial charge in [-0.3, -0.25) is 0 Å². The van der Waals surface area contributed by atoms with Crippen LogP contribution in [0.15, 0.2) is 23.4 Å². The minimum Gasteiger partial charge on any atom is -0.392 e. The molecular formula is C14H24N2O3S. The average molecular weight is 300 g/mol. The lowest BCUT2D eigenvalue weighted by molar-refractivity contribution is 0.281. The van der Waals surface area contributed by atoms with Crippen LogP contribution in [-0.4, -0.2) is 24.6 Å². The third kappa shape index (κ3) is 5.56. The van der Waals surface area contributed by atoms with E-state index in [1.807, 2.05) is 6.92 Å². The molecule has 0 spiro atoms. The summed E-state index contributed by atoms with van der Waals surface area (Å²) in [5.41, 5.74) is 0.594. The highest BCUT2D eigenvalue weighted by molar-refractivity contribution is 7.89. The lowest BCUT2D eigenvalue weighted by atomic mass is 10.1. The van der Waals surface area contributed by atoms with Gasteiger partial charge in [0.15, 0.2) is 5.03 Å². The summed E-state index contributed by atoms with van der Waals surface area (Å²) in [5.74, 6) is 0. The first kappa shape index (κ1) is 17.1. The van der Waals surface area contributed by atoms with Gasteiger partial charge in [-0.1, -0.05) is 38.7 Å². The van der Waals surface area contributed by atoms with Crippen molar-refractivity contribution in [3.8, 4) is 0 Å². The van der Waals surface area contributed by atoms with Crippen LogP contribution in [0.4, 0.5) is 0 Å². The number of aliphatic hydroxyl groups is 1. The molecule has 6 heteroatoms. The quantitative estimate of drug-likeness (QED) is 0.685. The molecule has 1 unspecified atom stereocenters. The molecular weight excluding hydrogens is 276 g/mol. The number of aromatic nitrogens is 1. The Morgan fingerprint density at radius 3 is 2.60 bits per heavy atom. The third-order valence-corrected chi connectivity index (χ3v) is 4.61. The molecule has 1 aromatic heterocycles. The van der Waals surface area contributed by atoms with Gasteiger partial charge in [0.05, 0.1) is 6.61 Å². The van der Waals surface area contributed by atoms with Gasteiger partial charge >= 0.3 is 0 Å². The maximum Gasteiger partial charge on any atom is 0.258 e. The Bertz CT molecular complexity index is 486. The second-order valence-corrected chi connectivity index (χ2v) is 6.70. The van der Waals surface area contributed by atoms with E-state index in [1.165, 1.54) is 25.1 Å². The van der Waals surface area contributed by atoms with Gasteiger partial charge in [0.1, 0.15) is 0 Å². The van der Waals surface area contributed by atoms with Gasteiger partial charge in [-0.2, -0.15) is 0 Å². The van der Waals surface area contributed by atoms with Gasteiger partial charge in [-0.25, -0.2) is 18.1 Å². The first-order chi connectivity index (χ1) is 9.49. The lowest BCUT2D eigenvalue weighted by Crippen LogP contribution is -2.33. The molecule has 0 bridgehead atoms. The van der Waals surface area contributed by atoms with E-state index < -0.39 is 10.0 Å². The van der Waals surface area contributed by atoms with Crippen LogP contribution in [0.5, 0.6) is 0 Å². The van der Waals surface area contributed by atoms with Crippen molar-refractivity contribution in [1.29, 1.82) is 0 Å². The van der Waals surface area contributed by atoms with Gasteiger partial charge < -0.3 is 5.11 Å². The molecule has 0 aliphatic heterocycles. The van der Waals surface area contributed by atoms with Crippen LogP contribution in [0.25, 0.3) is 0 Å². The molecule has 2 N–H and O–H groups in total. The summed E-state index contributed by atoms with van der Waals surface area (Å²) in [4.78, 5) is 3.87. The fraction of sp³-hybridized carbons (Fsp3) is 0.643. The molecule has 0 radical (unpaired) electrons. The molecule has 0 aromatic carbocycles. The van der Waals surface area contributed by atoms with Crippen LogP contribution in [-0.2, 0) is 16.6 Å². The van der Waals surface area contributed by atoms with Gasteiger partial charge in [-0.15, -0.1) is 0 Å². The van der Waals surface area contributed by atoms with Crippen molar-refractivity contribution in [2.45, 2.75) is 63.6 Å². The van der Waals surface area contributed by atoms with Crippen LogP contribution in [0.3, 0.4) is 0 Å². The lowest BCUT2D eigenvalue weighted by Gasteiger charge is -2.13. The highest BCUT2D eigenvalue weighted by atomic mass is 32.2. The Hall–Kier alpha value is -0.980. The summed E-state index contributed by atoms with van der Waals surface area (Å²) in [7, 11) is -3.57. The van der Waals surface area contributed by atoms with E-state index in [2.05, 4.69) is 16.6 Å². The SMILES string of the molecule is CCCCCCC(C)NS(=O)(=O)c1ccc(CO)cn1. The average Bonchev–Trinajstić information content (AvgIpc) is 2.43. The van der Waals surface area contributed by atoms with Crippen molar-refractivity contribution in [2.75, 3.05) is 0 Å². The predicted octanol–water partition coefficient (Wildman–Crippen LogP) is 2.21. The normalized spacial score (nSPS) is 13.3. The molecule has 0 amide bonds. The third-order valence-electron chi connectivity index (χ3n) is 3.10. The highest BCUT2D eigenvalue weighted by Gasteiger charge is 2.18. The summed E-state index contributed by atoms with van der Waals surface area (Å²) < 4.78 is 26.8. The number of nitrogens with zero attached hydrogens (tertiary/aromatic N) is 1. The molecule has 114 valence electrons. The Kier molecular flexibility index (Phi) is 7.12. The van der Waals surface area contributed by atoms with E-state index in [-0.39, 0.29) is 17.7 Å². The van der Waals surface area contributed by atoms with E-state index in [4.69, 9.17) is 5.11 Å². The summed E-state index contributed by atoms with van der Waals surface area (Å²) >= 11 is 0. The Morgan fingerprint density at radius 1 is 1.30 bits per heavy atom. The number of unbranched alkanes of at least 4 members (excludes halogenated alkanes) is 3. The summed E-state index contributed by atoms with van der Waals surface area (Å²) in [5, 5.41) is 8.91. The van der Waals surface area contributed by atoms with E-state index in [1.54, 1.807) is 6.07 Å². The maximum absolute atomic E-state index is 12.1. The molecule has 1 aromatic rings. The first-order valence-corrected chi connectivity index (χ1v) is 8.56. The van der Waals surface area contributed by atoms with Crippen LogP contribution >= 0.6 is 0 Å². The molecule has 0 aliphatic carbocycles. The minimum atomic E-state index is -3.57. The molecule has 5 nitrogen and oxygen atoms in total.